The summed E-state index contributed by atoms with van der Waals surface area (Å²) in [4.78, 5) is 4.36. The highest BCUT2D eigenvalue weighted by Crippen LogP contribution is 2.34. The molecule has 0 aliphatic rings. The number of halogens is 2. The molecule has 0 saturated carbocycles. The lowest BCUT2D eigenvalue weighted by atomic mass is 10.2. The molecule has 0 unspecified atom stereocenters. The number of nitrogens with zero attached hydrogens (tertiary/aromatic N) is 1. The van der Waals surface area contributed by atoms with Gasteiger partial charge in [0, 0.05) is 18.3 Å². The van der Waals surface area contributed by atoms with E-state index < -0.39 is 0 Å². The first-order valence-electron chi connectivity index (χ1n) is 6.40. The van der Waals surface area contributed by atoms with Crippen molar-refractivity contribution in [2.75, 3.05) is 6.54 Å². The number of pyridine rings is 1. The average molecular weight is 311 g/mol. The van der Waals surface area contributed by atoms with Crippen molar-refractivity contribution in [2.24, 2.45) is 0 Å². The third-order valence-electron chi connectivity index (χ3n) is 2.70. The highest BCUT2D eigenvalue weighted by Gasteiger charge is 2.08. The van der Waals surface area contributed by atoms with Gasteiger partial charge in [0.15, 0.2) is 0 Å². The Bertz CT molecular complexity index is 602. The van der Waals surface area contributed by atoms with E-state index in [1.165, 1.54) is 0 Å². The van der Waals surface area contributed by atoms with Gasteiger partial charge in [0.2, 0.25) is 5.88 Å². The summed E-state index contributed by atoms with van der Waals surface area (Å²) in [5.41, 5.74) is 2.01. The molecule has 0 spiro atoms. The Kier molecular flexibility index (Phi) is 5.24. The SMILES string of the molecule is CCNCc1cc(C)nc(Oc2cccc(Cl)c2Cl)c1. The Labute approximate surface area is 128 Å². The van der Waals surface area contributed by atoms with Crippen molar-refractivity contribution >= 4 is 23.2 Å². The van der Waals surface area contributed by atoms with Crippen LogP contribution < -0.4 is 10.1 Å². The second-order valence-electron chi connectivity index (χ2n) is 4.39. The maximum atomic E-state index is 6.11. The standard InChI is InChI=1S/C15H16Cl2N2O/c1-3-18-9-11-7-10(2)19-14(8-11)20-13-6-4-5-12(16)15(13)17/h4-8,18H,3,9H2,1-2H3. The Balaban J connectivity index is 2.24. The van der Waals surface area contributed by atoms with Gasteiger partial charge in [0.05, 0.1) is 5.02 Å². The van der Waals surface area contributed by atoms with Crippen molar-refractivity contribution in [1.82, 2.24) is 10.3 Å². The van der Waals surface area contributed by atoms with E-state index in [-0.39, 0.29) is 0 Å². The van der Waals surface area contributed by atoms with Crippen LogP contribution in [0.25, 0.3) is 0 Å². The zero-order valence-electron chi connectivity index (χ0n) is 11.4. The maximum absolute atomic E-state index is 6.11. The Hall–Kier alpha value is -1.29. The zero-order valence-corrected chi connectivity index (χ0v) is 12.9. The highest BCUT2D eigenvalue weighted by atomic mass is 35.5. The van der Waals surface area contributed by atoms with Crippen LogP contribution in [0.1, 0.15) is 18.2 Å². The smallest absolute Gasteiger partial charge is 0.219 e. The first-order valence-corrected chi connectivity index (χ1v) is 7.16. The van der Waals surface area contributed by atoms with Gasteiger partial charge in [-0.05, 0) is 37.2 Å². The van der Waals surface area contributed by atoms with Gasteiger partial charge >= 0.3 is 0 Å². The summed E-state index contributed by atoms with van der Waals surface area (Å²) in [5, 5.41) is 4.13. The molecule has 0 saturated heterocycles. The molecule has 2 rings (SSSR count). The van der Waals surface area contributed by atoms with Gasteiger partial charge in [-0.2, -0.15) is 0 Å². The summed E-state index contributed by atoms with van der Waals surface area (Å²) in [7, 11) is 0. The van der Waals surface area contributed by atoms with Gasteiger partial charge in [-0.25, -0.2) is 4.98 Å². The fourth-order valence-corrected chi connectivity index (χ4v) is 2.14. The van der Waals surface area contributed by atoms with E-state index in [4.69, 9.17) is 27.9 Å². The average Bonchev–Trinajstić information content (AvgIpc) is 2.41. The quantitative estimate of drug-likeness (QED) is 0.876. The molecule has 1 heterocycles. The van der Waals surface area contributed by atoms with E-state index >= 15 is 0 Å². The van der Waals surface area contributed by atoms with Gasteiger partial charge in [0.1, 0.15) is 10.8 Å². The van der Waals surface area contributed by atoms with E-state index in [0.717, 1.165) is 24.3 Å². The maximum Gasteiger partial charge on any atom is 0.219 e. The molecule has 1 aromatic heterocycles. The third-order valence-corrected chi connectivity index (χ3v) is 3.50. The molecule has 20 heavy (non-hydrogen) atoms. The first-order chi connectivity index (χ1) is 9.60. The molecule has 0 fully saturated rings. The zero-order chi connectivity index (χ0) is 14.5. The molecule has 2 aromatic rings. The molecule has 0 aliphatic heterocycles. The van der Waals surface area contributed by atoms with Crippen molar-refractivity contribution in [2.45, 2.75) is 20.4 Å². The molecular weight excluding hydrogens is 295 g/mol. The fourth-order valence-electron chi connectivity index (χ4n) is 1.81. The summed E-state index contributed by atoms with van der Waals surface area (Å²) in [5.74, 6) is 1.02. The summed E-state index contributed by atoms with van der Waals surface area (Å²) >= 11 is 12.1. The molecule has 106 valence electrons. The van der Waals surface area contributed by atoms with Crippen LogP contribution in [-0.2, 0) is 6.54 Å². The first kappa shape index (κ1) is 15.1. The van der Waals surface area contributed by atoms with E-state index in [0.29, 0.717) is 21.7 Å². The molecule has 0 atom stereocenters. The van der Waals surface area contributed by atoms with Gasteiger partial charge in [-0.1, -0.05) is 36.2 Å². The molecule has 0 radical (unpaired) electrons. The monoisotopic (exact) mass is 310 g/mol. The van der Waals surface area contributed by atoms with Crippen molar-refractivity contribution in [1.29, 1.82) is 0 Å². The van der Waals surface area contributed by atoms with Crippen LogP contribution >= 0.6 is 23.2 Å². The van der Waals surface area contributed by atoms with Gasteiger partial charge < -0.3 is 10.1 Å². The number of aryl methyl sites for hydroxylation is 1. The summed E-state index contributed by atoms with van der Waals surface area (Å²) in [6, 6.07) is 9.19. The van der Waals surface area contributed by atoms with Crippen LogP contribution in [-0.4, -0.2) is 11.5 Å². The molecule has 1 aromatic carbocycles. The summed E-state index contributed by atoms with van der Waals surface area (Å²) in [6.07, 6.45) is 0. The minimum Gasteiger partial charge on any atom is -0.437 e. The number of nitrogens with one attached hydrogen (secondary N) is 1. The van der Waals surface area contributed by atoms with E-state index in [1.54, 1.807) is 18.2 Å². The lowest BCUT2D eigenvalue weighted by molar-refractivity contribution is 0.460. The van der Waals surface area contributed by atoms with Crippen LogP contribution in [0.15, 0.2) is 30.3 Å². The Morgan fingerprint density at radius 3 is 2.80 bits per heavy atom. The number of hydrogen-bond donors (Lipinski definition) is 1. The molecule has 0 bridgehead atoms. The molecule has 0 amide bonds. The van der Waals surface area contributed by atoms with E-state index in [1.807, 2.05) is 19.1 Å². The number of rotatable bonds is 5. The Morgan fingerprint density at radius 1 is 1.25 bits per heavy atom. The van der Waals surface area contributed by atoms with Crippen LogP contribution in [0, 0.1) is 6.92 Å². The van der Waals surface area contributed by atoms with Crippen LogP contribution in [0.2, 0.25) is 10.0 Å². The predicted molar refractivity (Wildman–Crippen MR) is 82.9 cm³/mol. The molecule has 5 heteroatoms. The summed E-state index contributed by atoms with van der Waals surface area (Å²) < 4.78 is 5.74. The Morgan fingerprint density at radius 2 is 2.05 bits per heavy atom. The van der Waals surface area contributed by atoms with E-state index in [2.05, 4.69) is 17.2 Å². The molecular formula is C15H16Cl2N2O. The van der Waals surface area contributed by atoms with Gasteiger partial charge in [-0.3, -0.25) is 0 Å². The van der Waals surface area contributed by atoms with Crippen molar-refractivity contribution in [3.8, 4) is 11.6 Å². The second kappa shape index (κ2) is 6.93. The lowest BCUT2D eigenvalue weighted by Crippen LogP contribution is -2.12. The fraction of sp³-hybridized carbons (Fsp3) is 0.267. The predicted octanol–water partition coefficient (Wildman–Crippen LogP) is 4.60. The van der Waals surface area contributed by atoms with E-state index in [9.17, 15) is 0 Å². The number of ether oxygens (including phenoxy) is 1. The number of hydrogen-bond acceptors (Lipinski definition) is 3. The van der Waals surface area contributed by atoms with Gasteiger partial charge in [0.25, 0.3) is 0 Å². The van der Waals surface area contributed by atoms with Crippen molar-refractivity contribution in [3.05, 3.63) is 51.6 Å². The molecule has 0 aliphatic carbocycles. The summed E-state index contributed by atoms with van der Waals surface area (Å²) in [6.45, 7) is 5.69. The van der Waals surface area contributed by atoms with Crippen molar-refractivity contribution < 1.29 is 4.74 Å². The largest absolute Gasteiger partial charge is 0.437 e. The molecule has 3 nitrogen and oxygen atoms in total. The van der Waals surface area contributed by atoms with Crippen LogP contribution in [0.3, 0.4) is 0 Å². The van der Waals surface area contributed by atoms with Gasteiger partial charge in [-0.15, -0.1) is 0 Å². The minimum absolute atomic E-state index is 0.394. The minimum atomic E-state index is 0.394. The van der Waals surface area contributed by atoms with Crippen LogP contribution in [0.5, 0.6) is 11.6 Å². The third kappa shape index (κ3) is 3.85. The molecule has 1 N–H and O–H groups in total. The van der Waals surface area contributed by atoms with Crippen LogP contribution in [0.4, 0.5) is 0 Å². The van der Waals surface area contributed by atoms with Crippen molar-refractivity contribution in [3.63, 3.8) is 0 Å². The topological polar surface area (TPSA) is 34.2 Å². The normalized spacial score (nSPS) is 10.6. The number of aromatic nitrogens is 1. The highest BCUT2D eigenvalue weighted by molar-refractivity contribution is 6.42. The second-order valence-corrected chi connectivity index (χ2v) is 5.17. The lowest BCUT2D eigenvalue weighted by Gasteiger charge is -2.10. The number of benzene rings is 1.